The molecule has 0 heterocycles. The topological polar surface area (TPSA) is 26.3 Å². The standard InChI is InChI=1S/C8H15BrO2/c1-8(2,3)4-5-11-7(10)6-9/h4-6H2,1-3H3. The van der Waals surface area contributed by atoms with Gasteiger partial charge in [-0.05, 0) is 11.8 Å². The van der Waals surface area contributed by atoms with Gasteiger partial charge in [0.25, 0.3) is 0 Å². The minimum atomic E-state index is -0.186. The van der Waals surface area contributed by atoms with Crippen LogP contribution in [0.2, 0.25) is 0 Å². The first-order valence-corrected chi connectivity index (χ1v) is 4.79. The largest absolute Gasteiger partial charge is 0.465 e. The number of ether oxygens (including phenoxy) is 1. The van der Waals surface area contributed by atoms with Crippen LogP contribution in [0.1, 0.15) is 27.2 Å². The van der Waals surface area contributed by atoms with E-state index >= 15 is 0 Å². The number of hydrogen-bond donors (Lipinski definition) is 0. The number of carbonyl (C=O) groups is 1. The zero-order valence-electron chi connectivity index (χ0n) is 7.32. The third-order valence-electron chi connectivity index (χ3n) is 1.22. The van der Waals surface area contributed by atoms with Gasteiger partial charge in [0.15, 0.2) is 0 Å². The first kappa shape index (κ1) is 11.0. The van der Waals surface area contributed by atoms with Crippen LogP contribution in [0.3, 0.4) is 0 Å². The molecule has 3 heteroatoms. The van der Waals surface area contributed by atoms with Crippen molar-refractivity contribution in [2.45, 2.75) is 27.2 Å². The molecule has 66 valence electrons. The second-order valence-corrected chi connectivity index (χ2v) is 4.23. The fourth-order valence-electron chi connectivity index (χ4n) is 0.510. The molecule has 0 radical (unpaired) electrons. The lowest BCUT2D eigenvalue weighted by molar-refractivity contribution is -0.140. The summed E-state index contributed by atoms with van der Waals surface area (Å²) in [6, 6.07) is 0. The van der Waals surface area contributed by atoms with Crippen molar-refractivity contribution in [2.24, 2.45) is 5.41 Å². The van der Waals surface area contributed by atoms with Crippen LogP contribution in [0.25, 0.3) is 0 Å². The lowest BCUT2D eigenvalue weighted by atomic mass is 9.93. The maximum Gasteiger partial charge on any atom is 0.316 e. The highest BCUT2D eigenvalue weighted by Gasteiger charge is 2.10. The second kappa shape index (κ2) is 4.75. The maximum absolute atomic E-state index is 10.6. The van der Waals surface area contributed by atoms with Crippen LogP contribution in [0.15, 0.2) is 0 Å². The van der Waals surface area contributed by atoms with E-state index in [0.717, 1.165) is 6.42 Å². The normalized spacial score (nSPS) is 11.3. The van der Waals surface area contributed by atoms with Gasteiger partial charge in [0.1, 0.15) is 5.33 Å². The molecular weight excluding hydrogens is 208 g/mol. The Hall–Kier alpha value is -0.0500. The van der Waals surface area contributed by atoms with Gasteiger partial charge in [-0.2, -0.15) is 0 Å². The van der Waals surface area contributed by atoms with Gasteiger partial charge < -0.3 is 4.74 Å². The Labute approximate surface area is 76.4 Å². The van der Waals surface area contributed by atoms with E-state index in [1.807, 2.05) is 0 Å². The van der Waals surface area contributed by atoms with E-state index in [9.17, 15) is 4.79 Å². The summed E-state index contributed by atoms with van der Waals surface area (Å²) in [6.07, 6.45) is 0.908. The van der Waals surface area contributed by atoms with Crippen LogP contribution in [0, 0.1) is 5.41 Å². The van der Waals surface area contributed by atoms with Gasteiger partial charge in [0.2, 0.25) is 0 Å². The molecule has 2 nitrogen and oxygen atoms in total. The van der Waals surface area contributed by atoms with Crippen molar-refractivity contribution in [2.75, 3.05) is 11.9 Å². The quantitative estimate of drug-likeness (QED) is 0.542. The molecule has 0 unspecified atom stereocenters. The van der Waals surface area contributed by atoms with E-state index in [4.69, 9.17) is 4.74 Å². The molecule has 0 aromatic rings. The van der Waals surface area contributed by atoms with Gasteiger partial charge >= 0.3 is 5.97 Å². The Balaban J connectivity index is 3.35. The van der Waals surface area contributed by atoms with Crippen molar-refractivity contribution in [1.82, 2.24) is 0 Å². The summed E-state index contributed by atoms with van der Waals surface area (Å²) in [5.41, 5.74) is 0.243. The summed E-state index contributed by atoms with van der Waals surface area (Å²) < 4.78 is 4.88. The van der Waals surface area contributed by atoms with Gasteiger partial charge in [-0.25, -0.2) is 0 Å². The fourth-order valence-corrected chi connectivity index (χ4v) is 0.671. The fraction of sp³-hybridized carbons (Fsp3) is 0.875. The molecule has 0 aromatic heterocycles. The molecule has 0 aliphatic rings. The predicted octanol–water partition coefficient (Wildman–Crippen LogP) is 2.36. The smallest absolute Gasteiger partial charge is 0.316 e. The molecule has 0 saturated carbocycles. The lowest BCUT2D eigenvalue weighted by Gasteiger charge is -2.17. The summed E-state index contributed by atoms with van der Waals surface area (Å²) in [7, 11) is 0. The molecule has 0 saturated heterocycles. The molecule has 0 aliphatic heterocycles. The van der Waals surface area contributed by atoms with Crippen molar-refractivity contribution in [1.29, 1.82) is 0 Å². The first-order chi connectivity index (χ1) is 4.95. The number of halogens is 1. The molecule has 0 amide bonds. The third kappa shape index (κ3) is 7.85. The zero-order chi connectivity index (χ0) is 8.91. The predicted molar refractivity (Wildman–Crippen MR) is 48.8 cm³/mol. The van der Waals surface area contributed by atoms with Crippen molar-refractivity contribution < 1.29 is 9.53 Å². The maximum atomic E-state index is 10.6. The SMILES string of the molecule is CC(C)(C)CCOC(=O)CBr. The molecule has 11 heavy (non-hydrogen) atoms. The van der Waals surface area contributed by atoms with Gasteiger partial charge in [-0.1, -0.05) is 36.7 Å². The summed E-state index contributed by atoms with van der Waals surface area (Å²) >= 11 is 3.02. The number of carbonyl (C=O) groups excluding carboxylic acids is 1. The minimum absolute atomic E-state index is 0.186. The molecule has 0 rings (SSSR count). The Bertz CT molecular complexity index is 127. The zero-order valence-corrected chi connectivity index (χ0v) is 8.90. The first-order valence-electron chi connectivity index (χ1n) is 3.67. The number of rotatable bonds is 3. The van der Waals surface area contributed by atoms with Crippen molar-refractivity contribution in [3.8, 4) is 0 Å². The molecule has 0 N–H and O–H groups in total. The van der Waals surface area contributed by atoms with Crippen LogP contribution >= 0.6 is 15.9 Å². The molecule has 0 atom stereocenters. The van der Waals surface area contributed by atoms with E-state index in [1.54, 1.807) is 0 Å². The van der Waals surface area contributed by atoms with E-state index < -0.39 is 0 Å². The molecule has 0 spiro atoms. The Morgan fingerprint density at radius 2 is 2.00 bits per heavy atom. The van der Waals surface area contributed by atoms with Crippen LogP contribution < -0.4 is 0 Å². The minimum Gasteiger partial charge on any atom is -0.465 e. The molecule has 0 aliphatic carbocycles. The Morgan fingerprint density at radius 1 is 1.45 bits per heavy atom. The summed E-state index contributed by atoms with van der Waals surface area (Å²) in [5, 5.41) is 0.289. The Morgan fingerprint density at radius 3 is 2.36 bits per heavy atom. The molecular formula is C8H15BrO2. The third-order valence-corrected chi connectivity index (χ3v) is 1.68. The van der Waals surface area contributed by atoms with Crippen molar-refractivity contribution in [3.63, 3.8) is 0 Å². The summed E-state index contributed by atoms with van der Waals surface area (Å²) in [6.45, 7) is 6.88. The van der Waals surface area contributed by atoms with Gasteiger partial charge in [-0.15, -0.1) is 0 Å². The highest BCUT2D eigenvalue weighted by atomic mass is 79.9. The van der Waals surface area contributed by atoms with Crippen LogP contribution in [-0.4, -0.2) is 17.9 Å². The summed E-state index contributed by atoms with van der Waals surface area (Å²) in [4.78, 5) is 10.6. The average molecular weight is 223 g/mol. The summed E-state index contributed by atoms with van der Waals surface area (Å²) in [5.74, 6) is -0.186. The van der Waals surface area contributed by atoms with Gasteiger partial charge in [-0.3, -0.25) is 4.79 Å². The van der Waals surface area contributed by atoms with E-state index in [-0.39, 0.29) is 16.7 Å². The number of alkyl halides is 1. The highest BCUT2D eigenvalue weighted by molar-refractivity contribution is 9.09. The molecule has 0 fully saturated rings. The highest BCUT2D eigenvalue weighted by Crippen LogP contribution is 2.17. The number of hydrogen-bond acceptors (Lipinski definition) is 2. The molecule has 0 bridgehead atoms. The van der Waals surface area contributed by atoms with E-state index in [0.29, 0.717) is 6.61 Å². The van der Waals surface area contributed by atoms with E-state index in [1.165, 1.54) is 0 Å². The molecule has 0 aromatic carbocycles. The lowest BCUT2D eigenvalue weighted by Crippen LogP contribution is -2.13. The van der Waals surface area contributed by atoms with Crippen LogP contribution in [-0.2, 0) is 9.53 Å². The van der Waals surface area contributed by atoms with Crippen molar-refractivity contribution >= 4 is 21.9 Å². The van der Waals surface area contributed by atoms with Crippen LogP contribution in [0.5, 0.6) is 0 Å². The van der Waals surface area contributed by atoms with Gasteiger partial charge in [0.05, 0.1) is 6.61 Å². The Kier molecular flexibility index (Phi) is 4.73. The second-order valence-electron chi connectivity index (χ2n) is 3.66. The van der Waals surface area contributed by atoms with E-state index in [2.05, 4.69) is 36.7 Å². The van der Waals surface area contributed by atoms with Crippen LogP contribution in [0.4, 0.5) is 0 Å². The average Bonchev–Trinajstić information content (AvgIpc) is 1.85. The van der Waals surface area contributed by atoms with Crippen molar-refractivity contribution in [3.05, 3.63) is 0 Å². The van der Waals surface area contributed by atoms with Gasteiger partial charge in [0, 0.05) is 0 Å². The monoisotopic (exact) mass is 222 g/mol. The number of esters is 1.